The van der Waals surface area contributed by atoms with Gasteiger partial charge in [0, 0.05) is 18.8 Å². The lowest BCUT2D eigenvalue weighted by atomic mass is 9.91. The third kappa shape index (κ3) is 26.4. The van der Waals surface area contributed by atoms with Gasteiger partial charge in [-0.15, -0.1) is 0 Å². The molecule has 1 saturated heterocycles. The van der Waals surface area contributed by atoms with Crippen LogP contribution in [0.3, 0.4) is 0 Å². The molecule has 6 unspecified atom stereocenters. The summed E-state index contributed by atoms with van der Waals surface area (Å²) in [6.07, 6.45) is 33.3. The number of carbonyl (C=O) groups excluding carboxylic acids is 2. The van der Waals surface area contributed by atoms with Gasteiger partial charge in [0.15, 0.2) is 12.4 Å². The van der Waals surface area contributed by atoms with Crippen LogP contribution in [0.4, 0.5) is 0 Å². The van der Waals surface area contributed by atoms with Gasteiger partial charge in [-0.1, -0.05) is 128 Å². The Balaban J connectivity index is 2.38. The second-order valence-electron chi connectivity index (χ2n) is 14.8. The van der Waals surface area contributed by atoms with E-state index in [4.69, 9.17) is 18.9 Å². The van der Waals surface area contributed by atoms with Crippen molar-refractivity contribution < 1.29 is 43.9 Å². The highest BCUT2D eigenvalue weighted by molar-refractivity contribution is 5.70. The Morgan fingerprint density at radius 3 is 1.66 bits per heavy atom. The van der Waals surface area contributed by atoms with E-state index in [9.17, 15) is 24.9 Å². The normalized spacial score (nSPS) is 21.2. The Hall–Kier alpha value is -2.04. The monoisotopic (exact) mass is 751 g/mol. The number of hydrogen-bond donors (Lipinski definition) is 3. The number of carbonyl (C=O) groups is 2. The van der Waals surface area contributed by atoms with E-state index in [0.29, 0.717) is 6.42 Å². The number of allylic oxidation sites excluding steroid dienone is 6. The lowest BCUT2D eigenvalue weighted by Crippen LogP contribution is -2.55. The van der Waals surface area contributed by atoms with Gasteiger partial charge in [0.05, 0.1) is 25.4 Å². The summed E-state index contributed by atoms with van der Waals surface area (Å²) in [5, 5.41) is 30.5. The van der Waals surface area contributed by atoms with Gasteiger partial charge < -0.3 is 34.3 Å². The van der Waals surface area contributed by atoms with Crippen LogP contribution in [0, 0.1) is 5.92 Å². The van der Waals surface area contributed by atoms with Crippen LogP contribution in [0.25, 0.3) is 0 Å². The second-order valence-corrected chi connectivity index (χ2v) is 14.8. The molecule has 0 aromatic heterocycles. The van der Waals surface area contributed by atoms with Crippen molar-refractivity contribution in [2.45, 2.75) is 206 Å². The second kappa shape index (κ2) is 34.5. The average molecular weight is 751 g/mol. The summed E-state index contributed by atoms with van der Waals surface area (Å²) in [6.45, 7) is 5.41. The zero-order chi connectivity index (χ0) is 38.8. The Morgan fingerprint density at radius 2 is 1.09 bits per heavy atom. The molecule has 0 bridgehead atoms. The smallest absolute Gasteiger partial charge is 0.306 e. The van der Waals surface area contributed by atoms with Crippen molar-refractivity contribution in [3.8, 4) is 0 Å². The number of aliphatic hydroxyl groups excluding tert-OH is 3. The molecule has 1 aliphatic heterocycles. The summed E-state index contributed by atoms with van der Waals surface area (Å²) < 4.78 is 22.5. The van der Waals surface area contributed by atoms with E-state index in [1.54, 1.807) is 6.92 Å². The van der Waals surface area contributed by atoms with Crippen molar-refractivity contribution in [2.24, 2.45) is 5.92 Å². The SMILES string of the molecule is CCCCC/C=C\C/C=C\CCCCCCCC(=O)OC(COC(=O)CCCCCCC/C=C\CCCCCC)COC1OC(CO)C(C)C(O)C1O. The number of unbranched alkanes of at least 4 members (excludes halogenated alkanes) is 17. The molecule has 1 aliphatic rings. The van der Waals surface area contributed by atoms with E-state index < -0.39 is 42.6 Å². The predicted octanol–water partition coefficient (Wildman–Crippen LogP) is 9.60. The zero-order valence-corrected chi connectivity index (χ0v) is 33.8. The van der Waals surface area contributed by atoms with Crippen LogP contribution in [0.1, 0.15) is 175 Å². The van der Waals surface area contributed by atoms with Crippen molar-refractivity contribution in [3.05, 3.63) is 36.5 Å². The maximum atomic E-state index is 12.8. The Morgan fingerprint density at radius 1 is 0.623 bits per heavy atom. The molecule has 3 N–H and O–H groups in total. The molecule has 1 fully saturated rings. The first-order chi connectivity index (χ1) is 25.8. The minimum absolute atomic E-state index is 0.178. The molecule has 0 spiro atoms. The highest BCUT2D eigenvalue weighted by Gasteiger charge is 2.42. The van der Waals surface area contributed by atoms with E-state index in [1.165, 1.54) is 57.8 Å². The maximum absolute atomic E-state index is 12.8. The fourth-order valence-electron chi connectivity index (χ4n) is 6.30. The molecule has 0 aromatic carbocycles. The predicted molar refractivity (Wildman–Crippen MR) is 213 cm³/mol. The van der Waals surface area contributed by atoms with Crippen molar-refractivity contribution >= 4 is 11.9 Å². The van der Waals surface area contributed by atoms with Gasteiger partial charge in [-0.2, -0.15) is 0 Å². The standard InChI is InChI=1S/C44H78O9/c1-4-6-8-10-12-14-16-18-19-21-23-25-27-29-31-33-41(47)52-38(36-51-44-43(49)42(48)37(3)39(34-45)53-44)35-50-40(46)32-30-28-26-24-22-20-17-15-13-11-9-7-5-2/h12,14-15,17-19,37-39,42-45,48-49H,4-11,13,16,20-36H2,1-3H3/b14-12-,17-15-,19-18-. The summed E-state index contributed by atoms with van der Waals surface area (Å²) in [7, 11) is 0. The average Bonchev–Trinajstić information content (AvgIpc) is 3.15. The van der Waals surface area contributed by atoms with Gasteiger partial charge in [0.2, 0.25) is 0 Å². The highest BCUT2D eigenvalue weighted by Crippen LogP contribution is 2.26. The van der Waals surface area contributed by atoms with Gasteiger partial charge in [-0.05, 0) is 70.6 Å². The van der Waals surface area contributed by atoms with Crippen molar-refractivity contribution in [1.29, 1.82) is 0 Å². The summed E-state index contributed by atoms with van der Waals surface area (Å²) in [4.78, 5) is 25.3. The Kier molecular flexibility index (Phi) is 31.8. The van der Waals surface area contributed by atoms with Gasteiger partial charge in [0.1, 0.15) is 12.7 Å². The van der Waals surface area contributed by atoms with Crippen molar-refractivity contribution in [2.75, 3.05) is 19.8 Å². The molecule has 53 heavy (non-hydrogen) atoms. The van der Waals surface area contributed by atoms with Crippen LogP contribution in [-0.4, -0.2) is 77.8 Å². The summed E-state index contributed by atoms with van der Waals surface area (Å²) in [6, 6.07) is 0. The van der Waals surface area contributed by atoms with Crippen LogP contribution < -0.4 is 0 Å². The number of hydrogen-bond acceptors (Lipinski definition) is 9. The minimum atomic E-state index is -1.34. The number of aliphatic hydroxyl groups is 3. The number of ether oxygens (including phenoxy) is 4. The largest absolute Gasteiger partial charge is 0.462 e. The van der Waals surface area contributed by atoms with Crippen LogP contribution in [0.15, 0.2) is 36.5 Å². The van der Waals surface area contributed by atoms with E-state index >= 15 is 0 Å². The molecule has 6 atom stereocenters. The lowest BCUT2D eigenvalue weighted by molar-refractivity contribution is -0.293. The van der Waals surface area contributed by atoms with Gasteiger partial charge in [-0.3, -0.25) is 9.59 Å². The highest BCUT2D eigenvalue weighted by atomic mass is 16.7. The van der Waals surface area contributed by atoms with Crippen LogP contribution in [0.2, 0.25) is 0 Å². The van der Waals surface area contributed by atoms with Crippen molar-refractivity contribution in [3.63, 3.8) is 0 Å². The molecule has 1 heterocycles. The number of rotatable bonds is 34. The van der Waals surface area contributed by atoms with Gasteiger partial charge >= 0.3 is 11.9 Å². The molecular weight excluding hydrogens is 672 g/mol. The third-order valence-corrected chi connectivity index (χ3v) is 9.89. The molecule has 0 amide bonds. The summed E-state index contributed by atoms with van der Waals surface area (Å²) >= 11 is 0. The molecular formula is C44H78O9. The zero-order valence-electron chi connectivity index (χ0n) is 33.8. The molecule has 0 saturated carbocycles. The van der Waals surface area contributed by atoms with E-state index in [0.717, 1.165) is 77.0 Å². The first-order valence-corrected chi connectivity index (χ1v) is 21.4. The molecule has 9 heteroatoms. The Bertz CT molecular complexity index is 963. The minimum Gasteiger partial charge on any atom is -0.462 e. The van der Waals surface area contributed by atoms with Crippen LogP contribution in [-0.2, 0) is 28.5 Å². The quantitative estimate of drug-likeness (QED) is 0.0334. The summed E-state index contributed by atoms with van der Waals surface area (Å²) in [5.74, 6) is -1.25. The van der Waals surface area contributed by atoms with Crippen LogP contribution in [0.5, 0.6) is 0 Å². The maximum Gasteiger partial charge on any atom is 0.306 e. The first-order valence-electron chi connectivity index (χ1n) is 21.4. The fraction of sp³-hybridized carbons (Fsp3) is 0.818. The van der Waals surface area contributed by atoms with Crippen molar-refractivity contribution in [1.82, 2.24) is 0 Å². The van der Waals surface area contributed by atoms with Crippen LogP contribution >= 0.6 is 0 Å². The number of esters is 2. The lowest BCUT2D eigenvalue weighted by Gasteiger charge is -2.40. The van der Waals surface area contributed by atoms with E-state index in [2.05, 4.69) is 50.3 Å². The first kappa shape index (κ1) is 49.0. The van der Waals surface area contributed by atoms with Gasteiger partial charge in [0.25, 0.3) is 0 Å². The third-order valence-electron chi connectivity index (χ3n) is 9.89. The fourth-order valence-corrected chi connectivity index (χ4v) is 6.30. The molecule has 9 nitrogen and oxygen atoms in total. The molecule has 0 aliphatic carbocycles. The topological polar surface area (TPSA) is 132 Å². The molecule has 308 valence electrons. The van der Waals surface area contributed by atoms with E-state index in [-0.39, 0.29) is 38.6 Å². The molecule has 0 radical (unpaired) electrons. The van der Waals surface area contributed by atoms with Gasteiger partial charge in [-0.25, -0.2) is 0 Å². The Labute approximate surface area is 323 Å². The molecule has 0 aromatic rings. The van der Waals surface area contributed by atoms with E-state index in [1.807, 2.05) is 0 Å². The summed E-state index contributed by atoms with van der Waals surface area (Å²) in [5.41, 5.74) is 0. The molecule has 1 rings (SSSR count).